The summed E-state index contributed by atoms with van der Waals surface area (Å²) in [7, 11) is 0. The maximum absolute atomic E-state index is 7.79. The fourth-order valence-corrected chi connectivity index (χ4v) is 4.20. The van der Waals surface area contributed by atoms with Crippen LogP contribution in [0.15, 0.2) is 44.5 Å². The minimum atomic E-state index is -0.142. The molecule has 4 atom stereocenters. The number of fused-ring (bicyclic) bond motifs is 1. The number of nitrogens with one attached hydrogen (secondary N) is 4. The zero-order valence-electron chi connectivity index (χ0n) is 15.7. The van der Waals surface area contributed by atoms with Crippen LogP contribution in [0.4, 0.5) is 0 Å². The molecule has 5 aliphatic rings. The quantitative estimate of drug-likeness (QED) is 0.535. The van der Waals surface area contributed by atoms with E-state index in [2.05, 4.69) is 21.1 Å². The Bertz CT molecular complexity index is 848. The summed E-state index contributed by atoms with van der Waals surface area (Å²) >= 11 is 6.25. The summed E-state index contributed by atoms with van der Waals surface area (Å²) in [6.45, 7) is 3.75. The van der Waals surface area contributed by atoms with Crippen LogP contribution in [0, 0.1) is 5.41 Å². The van der Waals surface area contributed by atoms with Crippen LogP contribution in [0.25, 0.3) is 0 Å². The second-order valence-electron chi connectivity index (χ2n) is 7.71. The maximum atomic E-state index is 7.79. The number of allylic oxidation sites excluding steroid dienone is 3. The van der Waals surface area contributed by atoms with Crippen LogP contribution < -0.4 is 16.2 Å². The van der Waals surface area contributed by atoms with Crippen LogP contribution in [0.5, 0.6) is 0 Å². The molecule has 0 spiro atoms. The molecule has 4 heterocycles. The second kappa shape index (κ2) is 7.11. The summed E-state index contributed by atoms with van der Waals surface area (Å²) < 4.78 is 5.97. The number of amidine groups is 2. The van der Waals surface area contributed by atoms with E-state index in [4.69, 9.17) is 31.7 Å². The summed E-state index contributed by atoms with van der Waals surface area (Å²) in [6, 6.07) is 0.0105. The van der Waals surface area contributed by atoms with Gasteiger partial charge in [0.1, 0.15) is 24.1 Å². The molecule has 0 amide bonds. The number of ether oxygens (including phenoxy) is 1. The van der Waals surface area contributed by atoms with E-state index in [1.807, 2.05) is 25.2 Å². The number of rotatable bonds is 3. The Morgan fingerprint density at radius 1 is 1.36 bits per heavy atom. The highest BCUT2D eigenvalue weighted by Gasteiger charge is 2.49. The Labute approximate surface area is 168 Å². The Kier molecular flexibility index (Phi) is 4.59. The molecule has 0 bridgehead atoms. The Morgan fingerprint density at radius 2 is 2.18 bits per heavy atom. The van der Waals surface area contributed by atoms with Crippen molar-refractivity contribution >= 4 is 29.0 Å². The highest BCUT2D eigenvalue weighted by molar-refractivity contribution is 6.32. The van der Waals surface area contributed by atoms with Crippen LogP contribution in [0.3, 0.4) is 0 Å². The minimum absolute atomic E-state index is 0.0105. The van der Waals surface area contributed by atoms with Gasteiger partial charge in [-0.15, -0.1) is 0 Å². The maximum Gasteiger partial charge on any atom is 0.156 e. The van der Waals surface area contributed by atoms with Gasteiger partial charge in [0.2, 0.25) is 0 Å². The number of likely N-dealkylation sites (tertiary alicyclic amines) is 1. The van der Waals surface area contributed by atoms with Crippen molar-refractivity contribution in [1.29, 1.82) is 5.41 Å². The summed E-state index contributed by atoms with van der Waals surface area (Å²) in [4.78, 5) is 12.1. The molecule has 28 heavy (non-hydrogen) atoms. The number of piperidine rings is 1. The number of aliphatic imine (C=N–C) groups is 2. The third-order valence-electron chi connectivity index (χ3n) is 5.60. The first-order valence-corrected chi connectivity index (χ1v) is 10.1. The zero-order valence-corrected chi connectivity index (χ0v) is 16.5. The van der Waals surface area contributed by atoms with Crippen molar-refractivity contribution < 1.29 is 4.74 Å². The smallest absolute Gasteiger partial charge is 0.156 e. The van der Waals surface area contributed by atoms with Gasteiger partial charge in [-0.05, 0) is 38.3 Å². The van der Waals surface area contributed by atoms with Crippen molar-refractivity contribution in [3.63, 3.8) is 0 Å². The van der Waals surface area contributed by atoms with E-state index in [9.17, 15) is 0 Å². The molecule has 0 aromatic carbocycles. The molecule has 4 unspecified atom stereocenters. The molecule has 4 N–H and O–H groups in total. The van der Waals surface area contributed by atoms with E-state index < -0.39 is 0 Å². The summed E-state index contributed by atoms with van der Waals surface area (Å²) in [5, 5.41) is 11.9. The predicted octanol–water partition coefficient (Wildman–Crippen LogP) is 1.39. The van der Waals surface area contributed by atoms with E-state index in [1.54, 1.807) is 0 Å². The highest BCUT2D eigenvalue weighted by Crippen LogP contribution is 2.33. The van der Waals surface area contributed by atoms with Gasteiger partial charge >= 0.3 is 0 Å². The lowest BCUT2D eigenvalue weighted by molar-refractivity contribution is 0.175. The lowest BCUT2D eigenvalue weighted by Gasteiger charge is -2.29. The van der Waals surface area contributed by atoms with Gasteiger partial charge < -0.3 is 20.9 Å². The Morgan fingerprint density at radius 3 is 2.93 bits per heavy atom. The number of halogens is 1. The van der Waals surface area contributed by atoms with E-state index in [0.717, 1.165) is 66.0 Å². The molecule has 5 rings (SSSR count). The van der Waals surface area contributed by atoms with Gasteiger partial charge in [-0.3, -0.25) is 9.89 Å². The van der Waals surface area contributed by atoms with Gasteiger partial charge in [-0.25, -0.2) is 10.4 Å². The van der Waals surface area contributed by atoms with Crippen molar-refractivity contribution in [2.45, 2.75) is 50.7 Å². The average Bonchev–Trinajstić information content (AvgIpc) is 3.38. The molecule has 9 heteroatoms. The van der Waals surface area contributed by atoms with E-state index in [-0.39, 0.29) is 24.5 Å². The monoisotopic (exact) mass is 401 g/mol. The summed E-state index contributed by atoms with van der Waals surface area (Å²) in [6.07, 6.45) is 8.23. The molecule has 0 aromatic rings. The highest BCUT2D eigenvalue weighted by atomic mass is 35.5. The largest absolute Gasteiger partial charge is 0.345 e. The fraction of sp³-hybridized carbons (Fsp3) is 0.526. The number of epoxide rings is 1. The SMILES string of the molecule is CC1=CC(N=C2NC(C3OC3N3CCC(=N)CC3)=NC3CC=C(Cl)C=C23)NN1. The first-order chi connectivity index (χ1) is 13.6. The van der Waals surface area contributed by atoms with Gasteiger partial charge in [0.05, 0.1) is 6.04 Å². The molecule has 148 valence electrons. The van der Waals surface area contributed by atoms with Crippen molar-refractivity contribution in [2.75, 3.05) is 13.1 Å². The van der Waals surface area contributed by atoms with Gasteiger partial charge in [0.15, 0.2) is 6.10 Å². The molecule has 0 radical (unpaired) electrons. The van der Waals surface area contributed by atoms with Crippen molar-refractivity contribution in [3.05, 3.63) is 34.5 Å². The normalized spacial score (nSPS) is 36.6. The minimum Gasteiger partial charge on any atom is -0.345 e. The number of hydrogen-bond donors (Lipinski definition) is 4. The first-order valence-electron chi connectivity index (χ1n) is 9.73. The van der Waals surface area contributed by atoms with Crippen molar-refractivity contribution in [3.8, 4) is 0 Å². The van der Waals surface area contributed by atoms with Crippen molar-refractivity contribution in [2.24, 2.45) is 9.98 Å². The van der Waals surface area contributed by atoms with E-state index in [1.165, 1.54) is 0 Å². The molecule has 0 aromatic heterocycles. The zero-order chi connectivity index (χ0) is 19.3. The summed E-state index contributed by atoms with van der Waals surface area (Å²) in [5.74, 6) is 1.63. The third kappa shape index (κ3) is 3.53. The molecule has 4 aliphatic heterocycles. The standard InChI is InChI=1S/C19H24ClN7O/c1-10-8-15(26-25-10)23-17-13-9-11(20)2-3-14(13)22-18(24-17)16-19(28-16)27-6-4-12(21)5-7-27/h2,8-9,14-16,19,21,25-26H,3-7H2,1H3,(H,22,23,24). The molecular formula is C19H24ClN7O. The van der Waals surface area contributed by atoms with E-state index in [0.29, 0.717) is 0 Å². The number of hydrazine groups is 1. The van der Waals surface area contributed by atoms with Crippen LogP contribution in [-0.2, 0) is 4.74 Å². The Hall–Kier alpha value is -2.00. The molecule has 2 saturated heterocycles. The molecule has 8 nitrogen and oxygen atoms in total. The molecule has 1 aliphatic carbocycles. The van der Waals surface area contributed by atoms with Gasteiger partial charge in [0, 0.05) is 35.1 Å². The lowest BCUT2D eigenvalue weighted by Crippen LogP contribution is -2.47. The third-order valence-corrected chi connectivity index (χ3v) is 5.86. The van der Waals surface area contributed by atoms with Crippen LogP contribution in [-0.4, -0.2) is 59.9 Å². The number of hydrogen-bond acceptors (Lipinski definition) is 7. The topological polar surface area (TPSA) is 100 Å². The summed E-state index contributed by atoms with van der Waals surface area (Å²) in [5.41, 5.74) is 9.11. The average molecular weight is 402 g/mol. The van der Waals surface area contributed by atoms with Crippen LogP contribution >= 0.6 is 11.6 Å². The van der Waals surface area contributed by atoms with Crippen molar-refractivity contribution in [1.82, 2.24) is 21.1 Å². The second-order valence-corrected chi connectivity index (χ2v) is 8.14. The van der Waals surface area contributed by atoms with Crippen LogP contribution in [0.1, 0.15) is 26.2 Å². The van der Waals surface area contributed by atoms with Crippen LogP contribution in [0.2, 0.25) is 0 Å². The Balaban J connectivity index is 1.36. The fourth-order valence-electron chi connectivity index (χ4n) is 4.00. The molecule has 2 fully saturated rings. The van der Waals surface area contributed by atoms with Gasteiger partial charge in [-0.1, -0.05) is 17.7 Å². The number of nitrogens with zero attached hydrogens (tertiary/aromatic N) is 3. The first kappa shape index (κ1) is 18.1. The van der Waals surface area contributed by atoms with E-state index >= 15 is 0 Å². The van der Waals surface area contributed by atoms with Gasteiger partial charge in [-0.2, -0.15) is 0 Å². The molecular weight excluding hydrogens is 378 g/mol. The molecule has 0 saturated carbocycles. The predicted molar refractivity (Wildman–Crippen MR) is 109 cm³/mol. The van der Waals surface area contributed by atoms with Gasteiger partial charge in [0.25, 0.3) is 0 Å². The lowest BCUT2D eigenvalue weighted by atomic mass is 9.96.